The normalized spacial score (nSPS) is 11.8. The van der Waals surface area contributed by atoms with Gasteiger partial charge in [0, 0.05) is 45.5 Å². The number of aryl methyl sites for hydroxylation is 2. The second-order valence-electron chi connectivity index (χ2n) is 19.7. The predicted octanol–water partition coefficient (Wildman–Crippen LogP) is 20.9. The van der Waals surface area contributed by atoms with E-state index >= 15 is 0 Å². The smallest absolute Gasteiger partial charge is 0.143 e. The summed E-state index contributed by atoms with van der Waals surface area (Å²) in [4.78, 5) is 0. The molecule has 0 saturated carbocycles. The molecule has 0 unspecified atom stereocenters. The molecule has 352 valence electrons. The van der Waals surface area contributed by atoms with Gasteiger partial charge in [0.1, 0.15) is 22.7 Å². The molecule has 0 amide bonds. The van der Waals surface area contributed by atoms with Gasteiger partial charge in [0.15, 0.2) is 0 Å². The Kier molecular flexibility index (Phi) is 12.6. The van der Waals surface area contributed by atoms with E-state index in [-0.39, 0.29) is 0 Å². The van der Waals surface area contributed by atoms with Crippen LogP contribution < -0.4 is 0 Å². The van der Waals surface area contributed by atoms with Crippen molar-refractivity contribution in [3.05, 3.63) is 218 Å². The van der Waals surface area contributed by atoms with Crippen molar-refractivity contribution in [1.29, 1.82) is 0 Å². The van der Waals surface area contributed by atoms with Gasteiger partial charge in [-0.3, -0.25) is 0 Å². The first kappa shape index (κ1) is 45.2. The van der Waals surface area contributed by atoms with Crippen molar-refractivity contribution < 1.29 is 8.83 Å². The minimum Gasteiger partial charge on any atom is -0.460 e. The molecule has 2 aromatic heterocycles. The van der Waals surface area contributed by atoms with Gasteiger partial charge in [-0.05, 0) is 108 Å². The summed E-state index contributed by atoms with van der Waals surface area (Å²) >= 11 is 0. The zero-order valence-electron chi connectivity index (χ0n) is 41.5. The molecule has 72 heavy (non-hydrogen) atoms. The van der Waals surface area contributed by atoms with Gasteiger partial charge in [0.2, 0.25) is 0 Å². The lowest BCUT2D eigenvalue weighted by Crippen LogP contribution is -1.90. The molecule has 0 spiro atoms. The second kappa shape index (κ2) is 20.1. The summed E-state index contributed by atoms with van der Waals surface area (Å²) in [5.74, 6) is 2.10. The largest absolute Gasteiger partial charge is 0.460 e. The molecule has 0 aliphatic heterocycles. The number of hydrogen-bond acceptors (Lipinski definition) is 2. The van der Waals surface area contributed by atoms with Crippen LogP contribution in [0.3, 0.4) is 0 Å². The van der Waals surface area contributed by atoms with Gasteiger partial charge in [-0.25, -0.2) is 0 Å². The van der Waals surface area contributed by atoms with E-state index in [9.17, 15) is 0 Å². The lowest BCUT2D eigenvalue weighted by atomic mass is 9.86. The predicted molar refractivity (Wildman–Crippen MR) is 307 cm³/mol. The number of benzene rings is 10. The molecule has 0 aliphatic carbocycles. The summed E-state index contributed by atoms with van der Waals surface area (Å²) in [6.07, 6.45) is 11.0. The zero-order valence-corrected chi connectivity index (χ0v) is 41.5. The molecule has 0 radical (unpaired) electrons. The van der Waals surface area contributed by atoms with E-state index in [1.54, 1.807) is 0 Å². The van der Waals surface area contributed by atoms with Crippen LogP contribution in [0.4, 0.5) is 0 Å². The fraction of sp³-hybridized carbons (Fsp3) is 0.171. The topological polar surface area (TPSA) is 26.3 Å². The summed E-state index contributed by atoms with van der Waals surface area (Å²) in [7, 11) is 0. The Morgan fingerprint density at radius 1 is 0.292 bits per heavy atom. The van der Waals surface area contributed by atoms with Crippen molar-refractivity contribution in [2.75, 3.05) is 0 Å². The maximum atomic E-state index is 7.47. The molecule has 0 aliphatic rings. The molecule has 0 saturated heterocycles. The molecule has 12 aromatic rings. The van der Waals surface area contributed by atoms with E-state index in [0.29, 0.717) is 0 Å². The Labute approximate surface area is 423 Å². The van der Waals surface area contributed by atoms with Crippen LogP contribution in [-0.2, 0) is 12.8 Å². The molecule has 0 fully saturated rings. The number of fused-ring (bicyclic) bond motifs is 7. The highest BCUT2D eigenvalue weighted by molar-refractivity contribution is 6.28. The standard InChI is InChI=1S/C70H60O2/c1-3-5-7-15-32-63-65(53-24-11-9-12-25-53)61-45-59(51-37-34-48(35-38-51)56-43-36-47-22-17-18-28-55(47)44-56)67-68(70(61)72-63)60(52-41-39-50(40-42-52)58-31-21-29-49-23-19-20-30-57(49)58)46-62-66(54-26-13-10-14-27-54)64(71-69(62)67)33-16-8-6-4-2/h9-14,17-31,34-46H,3-8,15-16,32-33H2,1-2H3. The van der Waals surface area contributed by atoms with Crippen molar-refractivity contribution in [1.82, 2.24) is 0 Å². The molecule has 0 N–H and O–H groups in total. The van der Waals surface area contributed by atoms with Crippen molar-refractivity contribution >= 4 is 54.3 Å². The zero-order chi connectivity index (χ0) is 48.4. The molecule has 2 heterocycles. The Balaban J connectivity index is 1.17. The first-order valence-electron chi connectivity index (χ1n) is 26.4. The van der Waals surface area contributed by atoms with Gasteiger partial charge in [0.05, 0.1) is 0 Å². The van der Waals surface area contributed by atoms with Crippen LogP contribution in [-0.4, -0.2) is 0 Å². The number of unbranched alkanes of at least 4 members (excludes halogenated alkanes) is 6. The average molecular weight is 933 g/mol. The Bertz CT molecular complexity index is 3840. The van der Waals surface area contributed by atoms with Crippen LogP contribution in [0.5, 0.6) is 0 Å². The SMILES string of the molecule is CCCCCCc1oc2c(cc(-c3ccc(-c4cccc5ccccc45)cc3)c3c4oc(CCCCCC)c(-c5ccccc5)c4cc(-c4ccc(-c5ccc6ccccc6c5)cc4)c23)c1-c1ccccc1. The third-order valence-electron chi connectivity index (χ3n) is 15.1. The Hall–Kier alpha value is -7.94. The van der Waals surface area contributed by atoms with Crippen LogP contribution in [0.15, 0.2) is 215 Å². The van der Waals surface area contributed by atoms with Gasteiger partial charge in [0.25, 0.3) is 0 Å². The lowest BCUT2D eigenvalue weighted by molar-refractivity contribution is 0.529. The number of furan rings is 2. The summed E-state index contributed by atoms with van der Waals surface area (Å²) in [5, 5.41) is 9.44. The highest BCUT2D eigenvalue weighted by Gasteiger charge is 2.28. The minimum absolute atomic E-state index is 0.869. The molecule has 0 atom stereocenters. The molecule has 12 rings (SSSR count). The highest BCUT2D eigenvalue weighted by atomic mass is 16.3. The van der Waals surface area contributed by atoms with Crippen LogP contribution in [0, 0.1) is 0 Å². The molecule has 0 bridgehead atoms. The van der Waals surface area contributed by atoms with E-state index in [0.717, 1.165) is 92.2 Å². The summed E-state index contributed by atoms with van der Waals surface area (Å²) in [6.45, 7) is 4.56. The van der Waals surface area contributed by atoms with E-state index < -0.39 is 0 Å². The number of rotatable bonds is 16. The van der Waals surface area contributed by atoms with Crippen LogP contribution >= 0.6 is 0 Å². The lowest BCUT2D eigenvalue weighted by Gasteiger charge is -2.15. The van der Waals surface area contributed by atoms with Crippen molar-refractivity contribution in [2.45, 2.75) is 78.1 Å². The Morgan fingerprint density at radius 2 is 0.736 bits per heavy atom. The van der Waals surface area contributed by atoms with Gasteiger partial charge in [-0.2, -0.15) is 0 Å². The van der Waals surface area contributed by atoms with E-state index in [2.05, 4.69) is 220 Å². The van der Waals surface area contributed by atoms with Crippen LogP contribution in [0.2, 0.25) is 0 Å². The molecular formula is C70H60O2. The van der Waals surface area contributed by atoms with Crippen LogP contribution in [0.25, 0.3) is 121 Å². The fourth-order valence-electron chi connectivity index (χ4n) is 11.4. The van der Waals surface area contributed by atoms with Crippen LogP contribution in [0.1, 0.15) is 76.7 Å². The monoisotopic (exact) mass is 932 g/mol. The van der Waals surface area contributed by atoms with E-state index in [1.807, 2.05) is 0 Å². The number of hydrogen-bond donors (Lipinski definition) is 0. The third kappa shape index (κ3) is 8.49. The first-order chi connectivity index (χ1) is 35.6. The second-order valence-corrected chi connectivity index (χ2v) is 19.7. The van der Waals surface area contributed by atoms with E-state index in [4.69, 9.17) is 8.83 Å². The Morgan fingerprint density at radius 3 is 1.28 bits per heavy atom. The summed E-state index contributed by atoms with van der Waals surface area (Å²) < 4.78 is 14.9. The van der Waals surface area contributed by atoms with Crippen molar-refractivity contribution in [3.8, 4) is 66.8 Å². The maximum Gasteiger partial charge on any atom is 0.143 e. The third-order valence-corrected chi connectivity index (χ3v) is 15.1. The maximum absolute atomic E-state index is 7.47. The molecule has 2 nitrogen and oxygen atoms in total. The van der Waals surface area contributed by atoms with Gasteiger partial charge >= 0.3 is 0 Å². The van der Waals surface area contributed by atoms with Gasteiger partial charge in [-0.1, -0.05) is 240 Å². The minimum atomic E-state index is 0.869. The quantitative estimate of drug-likeness (QED) is 0.0903. The summed E-state index contributed by atoms with van der Waals surface area (Å²) in [6, 6.07) is 76.0. The van der Waals surface area contributed by atoms with Gasteiger partial charge in [-0.15, -0.1) is 0 Å². The van der Waals surface area contributed by atoms with Gasteiger partial charge < -0.3 is 8.83 Å². The fourth-order valence-corrected chi connectivity index (χ4v) is 11.4. The van der Waals surface area contributed by atoms with Crippen molar-refractivity contribution in [3.63, 3.8) is 0 Å². The molecule has 10 aromatic carbocycles. The summed E-state index contributed by atoms with van der Waals surface area (Å²) in [5.41, 5.74) is 16.0. The van der Waals surface area contributed by atoms with Crippen molar-refractivity contribution in [2.24, 2.45) is 0 Å². The average Bonchev–Trinajstić information content (AvgIpc) is 4.01. The molecule has 2 heteroatoms. The molecular weight excluding hydrogens is 873 g/mol. The first-order valence-corrected chi connectivity index (χ1v) is 26.4. The highest BCUT2D eigenvalue weighted by Crippen LogP contribution is 2.51. The van der Waals surface area contributed by atoms with E-state index in [1.165, 1.54) is 105 Å².